The first-order valence-electron chi connectivity index (χ1n) is 9.85. The molecule has 0 amide bonds. The molecule has 0 spiro atoms. The first-order valence-corrected chi connectivity index (χ1v) is 12.3. The Labute approximate surface area is 183 Å². The molecule has 3 heterocycles. The summed E-state index contributed by atoms with van der Waals surface area (Å²) in [5, 5.41) is 5.41. The Morgan fingerprint density at radius 1 is 1.07 bits per heavy atom. The predicted octanol–water partition coefficient (Wildman–Crippen LogP) is 3.86. The van der Waals surface area contributed by atoms with Gasteiger partial charge in [0, 0.05) is 43.3 Å². The smallest absolute Gasteiger partial charge is 0.182 e. The van der Waals surface area contributed by atoms with E-state index in [2.05, 4.69) is 36.1 Å². The Hall–Kier alpha value is -2.42. The van der Waals surface area contributed by atoms with E-state index in [0.29, 0.717) is 4.90 Å². The van der Waals surface area contributed by atoms with Crippen LogP contribution in [0, 0.1) is 0 Å². The number of hydrogen-bond acceptors (Lipinski definition) is 5. The topological polar surface area (TPSA) is 78.1 Å². The molecule has 1 saturated heterocycles. The van der Waals surface area contributed by atoms with Crippen LogP contribution in [0.25, 0.3) is 21.9 Å². The lowest BCUT2D eigenvalue weighted by atomic mass is 10.1. The fraction of sp³-hybridized carbons (Fsp3) is 0.227. The van der Waals surface area contributed by atoms with E-state index >= 15 is 0 Å². The van der Waals surface area contributed by atoms with Gasteiger partial charge in [-0.1, -0.05) is 24.3 Å². The number of hydrogen-bond donors (Lipinski definition) is 2. The zero-order chi connectivity index (χ0) is 20.7. The molecule has 1 fully saturated rings. The van der Waals surface area contributed by atoms with Crippen molar-refractivity contribution < 1.29 is 8.42 Å². The first kappa shape index (κ1) is 19.5. The second kappa shape index (κ2) is 7.68. The van der Waals surface area contributed by atoms with Gasteiger partial charge in [0.05, 0.1) is 26.2 Å². The molecule has 2 aromatic carbocycles. The van der Waals surface area contributed by atoms with E-state index in [9.17, 15) is 8.42 Å². The average Bonchev–Trinajstić information content (AvgIpc) is 3.13. The second-order valence-electron chi connectivity index (χ2n) is 7.49. The van der Waals surface area contributed by atoms with Crippen molar-refractivity contribution in [3.05, 3.63) is 64.8 Å². The third kappa shape index (κ3) is 3.49. The van der Waals surface area contributed by atoms with Gasteiger partial charge in [-0.25, -0.2) is 13.4 Å². The van der Waals surface area contributed by atoms with E-state index in [4.69, 9.17) is 0 Å². The first-order chi connectivity index (χ1) is 14.5. The van der Waals surface area contributed by atoms with Gasteiger partial charge in [0.1, 0.15) is 5.65 Å². The van der Waals surface area contributed by atoms with Crippen LogP contribution in [0.4, 0.5) is 5.69 Å². The maximum absolute atomic E-state index is 12.9. The molecule has 2 N–H and O–H groups in total. The average molecular weight is 485 g/mol. The lowest BCUT2D eigenvalue weighted by Gasteiger charge is -2.30. The summed E-state index contributed by atoms with van der Waals surface area (Å²) >= 11 is 3.69. The molecular weight excluding hydrogens is 464 g/mol. The summed E-state index contributed by atoms with van der Waals surface area (Å²) in [7, 11) is -3.41. The highest BCUT2D eigenvalue weighted by atomic mass is 79.9. The Morgan fingerprint density at radius 3 is 2.60 bits per heavy atom. The number of nitrogens with one attached hydrogen (secondary N) is 2. The van der Waals surface area contributed by atoms with E-state index in [1.165, 1.54) is 0 Å². The lowest BCUT2D eigenvalue weighted by molar-refractivity contribution is 0.590. The number of rotatable bonds is 4. The Morgan fingerprint density at radius 2 is 1.83 bits per heavy atom. The molecule has 0 bridgehead atoms. The molecule has 0 atom stereocenters. The zero-order valence-corrected chi connectivity index (χ0v) is 18.6. The largest absolute Gasteiger partial charge is 0.367 e. The van der Waals surface area contributed by atoms with Gasteiger partial charge >= 0.3 is 0 Å². The van der Waals surface area contributed by atoms with E-state index in [-0.39, 0.29) is 5.75 Å². The SMILES string of the molecule is O=S(=O)(Cc1ccc2[nH]c3ncc(Br)c(N4CCNCC4)c3c2c1)c1ccccc1. The van der Waals surface area contributed by atoms with E-state index in [1.54, 1.807) is 24.3 Å². The molecule has 154 valence electrons. The molecule has 8 heteroatoms. The quantitative estimate of drug-likeness (QED) is 0.459. The Kier molecular flexibility index (Phi) is 5.00. The standard InChI is InChI=1S/C22H21BrN4O2S/c23-18-13-25-22-20(21(18)27-10-8-24-9-11-27)17-12-15(6-7-19(17)26-22)14-30(28,29)16-4-2-1-3-5-16/h1-7,12-13,24H,8-11,14H2,(H,25,26). The molecule has 0 unspecified atom stereocenters. The van der Waals surface area contributed by atoms with Crippen LogP contribution < -0.4 is 10.2 Å². The van der Waals surface area contributed by atoms with Crippen LogP contribution in [-0.2, 0) is 15.6 Å². The summed E-state index contributed by atoms with van der Waals surface area (Å²) in [6, 6.07) is 14.4. The number of anilines is 1. The molecule has 1 aliphatic heterocycles. The van der Waals surface area contributed by atoms with Crippen LogP contribution in [0.5, 0.6) is 0 Å². The number of aromatic nitrogens is 2. The number of piperazine rings is 1. The van der Waals surface area contributed by atoms with Crippen LogP contribution in [0.1, 0.15) is 5.56 Å². The zero-order valence-electron chi connectivity index (χ0n) is 16.2. The molecule has 2 aromatic heterocycles. The van der Waals surface area contributed by atoms with Crippen LogP contribution in [0.2, 0.25) is 0 Å². The van der Waals surface area contributed by atoms with Crippen molar-refractivity contribution in [1.29, 1.82) is 0 Å². The van der Waals surface area contributed by atoms with Gasteiger partial charge in [-0.3, -0.25) is 0 Å². The van der Waals surface area contributed by atoms with Gasteiger partial charge in [0.15, 0.2) is 9.84 Å². The van der Waals surface area contributed by atoms with Gasteiger partial charge in [0.2, 0.25) is 0 Å². The highest BCUT2D eigenvalue weighted by molar-refractivity contribution is 9.10. The summed E-state index contributed by atoms with van der Waals surface area (Å²) in [4.78, 5) is 10.6. The highest BCUT2D eigenvalue weighted by Crippen LogP contribution is 2.38. The summed E-state index contributed by atoms with van der Waals surface area (Å²) in [5.41, 5.74) is 3.63. The van der Waals surface area contributed by atoms with Crippen molar-refractivity contribution in [2.24, 2.45) is 0 Å². The summed E-state index contributed by atoms with van der Waals surface area (Å²) in [5.74, 6) is -0.0377. The Bertz CT molecular complexity index is 1330. The van der Waals surface area contributed by atoms with Crippen LogP contribution in [-0.4, -0.2) is 44.6 Å². The number of pyridine rings is 1. The molecule has 0 saturated carbocycles. The molecule has 0 radical (unpaired) electrons. The number of nitrogens with zero attached hydrogens (tertiary/aromatic N) is 2. The molecule has 5 rings (SSSR count). The maximum Gasteiger partial charge on any atom is 0.182 e. The van der Waals surface area contributed by atoms with Crippen molar-refractivity contribution in [2.45, 2.75) is 10.6 Å². The number of aromatic amines is 1. The molecule has 6 nitrogen and oxygen atoms in total. The maximum atomic E-state index is 12.9. The van der Waals surface area contributed by atoms with Crippen LogP contribution in [0.15, 0.2) is 64.1 Å². The van der Waals surface area contributed by atoms with Crippen molar-refractivity contribution in [2.75, 3.05) is 31.1 Å². The molecular formula is C22H21BrN4O2S. The highest BCUT2D eigenvalue weighted by Gasteiger charge is 2.21. The third-order valence-corrected chi connectivity index (χ3v) is 7.79. The van der Waals surface area contributed by atoms with Gasteiger partial charge in [-0.05, 0) is 45.8 Å². The third-order valence-electron chi connectivity index (χ3n) is 5.51. The van der Waals surface area contributed by atoms with Gasteiger partial charge < -0.3 is 15.2 Å². The van der Waals surface area contributed by atoms with E-state index in [0.717, 1.165) is 63.8 Å². The number of sulfone groups is 1. The predicted molar refractivity (Wildman–Crippen MR) is 124 cm³/mol. The van der Waals surface area contributed by atoms with Crippen LogP contribution >= 0.6 is 15.9 Å². The minimum atomic E-state index is -3.41. The number of H-pyrrole nitrogens is 1. The monoisotopic (exact) mass is 484 g/mol. The minimum Gasteiger partial charge on any atom is -0.367 e. The van der Waals surface area contributed by atoms with Crippen molar-refractivity contribution in [1.82, 2.24) is 15.3 Å². The number of fused-ring (bicyclic) bond motifs is 3. The molecule has 1 aliphatic rings. The van der Waals surface area contributed by atoms with Gasteiger partial charge in [0.25, 0.3) is 0 Å². The molecule has 4 aromatic rings. The lowest BCUT2D eigenvalue weighted by Crippen LogP contribution is -2.43. The fourth-order valence-corrected chi connectivity index (χ4v) is 5.99. The van der Waals surface area contributed by atoms with Gasteiger partial charge in [-0.2, -0.15) is 0 Å². The normalized spacial score (nSPS) is 15.2. The Balaban J connectivity index is 1.63. The summed E-state index contributed by atoms with van der Waals surface area (Å²) in [6.45, 7) is 3.68. The van der Waals surface area contributed by atoms with Crippen molar-refractivity contribution in [3.8, 4) is 0 Å². The van der Waals surface area contributed by atoms with Crippen LogP contribution in [0.3, 0.4) is 0 Å². The van der Waals surface area contributed by atoms with E-state index in [1.807, 2.05) is 30.5 Å². The van der Waals surface area contributed by atoms with Crippen molar-refractivity contribution >= 4 is 53.4 Å². The number of halogens is 1. The van der Waals surface area contributed by atoms with Gasteiger partial charge in [-0.15, -0.1) is 0 Å². The number of benzene rings is 2. The summed E-state index contributed by atoms with van der Waals surface area (Å²) in [6.07, 6.45) is 1.83. The fourth-order valence-electron chi connectivity index (χ4n) is 4.08. The summed E-state index contributed by atoms with van der Waals surface area (Å²) < 4.78 is 26.7. The van der Waals surface area contributed by atoms with Crippen molar-refractivity contribution in [3.63, 3.8) is 0 Å². The molecule has 30 heavy (non-hydrogen) atoms. The second-order valence-corrected chi connectivity index (χ2v) is 10.3. The molecule has 0 aliphatic carbocycles. The minimum absolute atomic E-state index is 0.0377. The van der Waals surface area contributed by atoms with E-state index < -0.39 is 9.84 Å².